The number of rotatable bonds is 3. The fourth-order valence-corrected chi connectivity index (χ4v) is 2.38. The van der Waals surface area contributed by atoms with Crippen LogP contribution < -0.4 is 0 Å². The Labute approximate surface area is 102 Å². The maximum absolute atomic E-state index is 11.4. The van der Waals surface area contributed by atoms with Gasteiger partial charge in [-0.1, -0.05) is 6.58 Å². The molecule has 17 heavy (non-hydrogen) atoms. The molecule has 0 aliphatic carbocycles. The number of carbonyl (C=O) groups is 1. The zero-order valence-electron chi connectivity index (χ0n) is 10.3. The van der Waals surface area contributed by atoms with Gasteiger partial charge in [-0.25, -0.2) is 0 Å². The summed E-state index contributed by atoms with van der Waals surface area (Å²) in [6.45, 7) is 5.23. The minimum Gasteiger partial charge on any atom is -0.339 e. The maximum atomic E-state index is 11.4. The van der Waals surface area contributed by atoms with Crippen molar-refractivity contribution < 1.29 is 4.79 Å². The van der Waals surface area contributed by atoms with Crippen LogP contribution in [0.1, 0.15) is 18.5 Å². The number of likely N-dealkylation sites (tertiary alicyclic amines) is 1. The summed E-state index contributed by atoms with van der Waals surface area (Å²) in [5, 5.41) is 4.18. The van der Waals surface area contributed by atoms with E-state index in [2.05, 4.69) is 17.7 Å². The summed E-state index contributed by atoms with van der Waals surface area (Å²) in [5.41, 5.74) is 1.28. The van der Waals surface area contributed by atoms with Crippen LogP contribution >= 0.6 is 0 Å². The summed E-state index contributed by atoms with van der Waals surface area (Å²) < 4.78 is 1.93. The molecule has 4 heteroatoms. The highest BCUT2D eigenvalue weighted by atomic mass is 16.2. The van der Waals surface area contributed by atoms with Gasteiger partial charge in [0.05, 0.1) is 0 Å². The lowest BCUT2D eigenvalue weighted by Crippen LogP contribution is -2.38. The average molecular weight is 233 g/mol. The van der Waals surface area contributed by atoms with E-state index >= 15 is 0 Å². The lowest BCUT2D eigenvalue weighted by Gasteiger charge is -2.31. The lowest BCUT2D eigenvalue weighted by molar-refractivity contribution is -0.127. The molecule has 1 aliphatic heterocycles. The standard InChI is InChI=1S/C13H19N3O/c1-3-13(17)16-8-5-11(6-9-16)10-12-4-7-14-15(12)2/h3-4,7,11H,1,5-6,8-10H2,2H3. The topological polar surface area (TPSA) is 38.1 Å². The van der Waals surface area contributed by atoms with Crippen LogP contribution in [0.15, 0.2) is 24.9 Å². The SMILES string of the molecule is C=CC(=O)N1CCC(Cc2ccnn2C)CC1. The Bertz CT molecular complexity index is 403. The largest absolute Gasteiger partial charge is 0.339 e. The maximum Gasteiger partial charge on any atom is 0.245 e. The van der Waals surface area contributed by atoms with Gasteiger partial charge in [0.2, 0.25) is 5.91 Å². The van der Waals surface area contributed by atoms with Gasteiger partial charge in [-0.3, -0.25) is 9.48 Å². The van der Waals surface area contributed by atoms with Crippen molar-refractivity contribution >= 4 is 5.91 Å². The first kappa shape index (κ1) is 11.9. The van der Waals surface area contributed by atoms with Crippen LogP contribution in [-0.2, 0) is 18.3 Å². The predicted octanol–water partition coefficient (Wildman–Crippen LogP) is 1.39. The molecule has 0 bridgehead atoms. The van der Waals surface area contributed by atoms with Crippen LogP contribution in [-0.4, -0.2) is 33.7 Å². The van der Waals surface area contributed by atoms with Gasteiger partial charge >= 0.3 is 0 Å². The minimum absolute atomic E-state index is 0.0592. The van der Waals surface area contributed by atoms with Gasteiger partial charge in [0.25, 0.3) is 0 Å². The Kier molecular flexibility index (Phi) is 3.61. The van der Waals surface area contributed by atoms with Crippen molar-refractivity contribution in [2.75, 3.05) is 13.1 Å². The molecule has 4 nitrogen and oxygen atoms in total. The lowest BCUT2D eigenvalue weighted by atomic mass is 9.92. The van der Waals surface area contributed by atoms with Crippen molar-refractivity contribution in [3.63, 3.8) is 0 Å². The summed E-state index contributed by atoms with van der Waals surface area (Å²) in [6.07, 6.45) is 6.45. The number of hydrogen-bond acceptors (Lipinski definition) is 2. The zero-order valence-corrected chi connectivity index (χ0v) is 10.3. The summed E-state index contributed by atoms with van der Waals surface area (Å²) >= 11 is 0. The van der Waals surface area contributed by atoms with E-state index in [1.54, 1.807) is 0 Å². The Hall–Kier alpha value is -1.58. The smallest absolute Gasteiger partial charge is 0.245 e. The molecule has 1 aromatic rings. The molecule has 0 unspecified atom stereocenters. The molecule has 0 atom stereocenters. The third-order valence-corrected chi connectivity index (χ3v) is 3.52. The van der Waals surface area contributed by atoms with Gasteiger partial charge < -0.3 is 4.90 Å². The molecule has 1 amide bonds. The van der Waals surface area contributed by atoms with Crippen LogP contribution in [0.4, 0.5) is 0 Å². The second-order valence-corrected chi connectivity index (χ2v) is 4.62. The average Bonchev–Trinajstić information content (AvgIpc) is 2.75. The zero-order chi connectivity index (χ0) is 12.3. The molecule has 1 fully saturated rings. The second-order valence-electron chi connectivity index (χ2n) is 4.62. The Morgan fingerprint density at radius 1 is 1.59 bits per heavy atom. The number of piperidine rings is 1. The van der Waals surface area contributed by atoms with Crippen LogP contribution in [0.2, 0.25) is 0 Å². The van der Waals surface area contributed by atoms with Crippen molar-refractivity contribution in [2.45, 2.75) is 19.3 Å². The van der Waals surface area contributed by atoms with E-state index in [1.807, 2.05) is 22.8 Å². The van der Waals surface area contributed by atoms with Gasteiger partial charge in [-0.15, -0.1) is 0 Å². The molecule has 1 saturated heterocycles. The number of amides is 1. The first-order chi connectivity index (χ1) is 8.20. The van der Waals surface area contributed by atoms with Crippen LogP contribution in [0.25, 0.3) is 0 Å². The Morgan fingerprint density at radius 3 is 2.82 bits per heavy atom. The highest BCUT2D eigenvalue weighted by molar-refractivity contribution is 5.87. The fourth-order valence-electron chi connectivity index (χ4n) is 2.38. The fraction of sp³-hybridized carbons (Fsp3) is 0.538. The number of aromatic nitrogens is 2. The summed E-state index contributed by atoms with van der Waals surface area (Å²) in [6, 6.07) is 2.07. The molecule has 2 heterocycles. The van der Waals surface area contributed by atoms with Crippen LogP contribution in [0, 0.1) is 5.92 Å². The van der Waals surface area contributed by atoms with Gasteiger partial charge in [0, 0.05) is 32.0 Å². The molecule has 1 aliphatic rings. The van der Waals surface area contributed by atoms with Gasteiger partial charge in [0.1, 0.15) is 0 Å². The van der Waals surface area contributed by atoms with Gasteiger partial charge in [-0.2, -0.15) is 5.10 Å². The van der Waals surface area contributed by atoms with E-state index in [1.165, 1.54) is 11.8 Å². The van der Waals surface area contributed by atoms with E-state index < -0.39 is 0 Å². The molecule has 0 N–H and O–H groups in total. The highest BCUT2D eigenvalue weighted by Gasteiger charge is 2.22. The third-order valence-electron chi connectivity index (χ3n) is 3.52. The molecule has 0 spiro atoms. The highest BCUT2D eigenvalue weighted by Crippen LogP contribution is 2.21. The third kappa shape index (κ3) is 2.75. The minimum atomic E-state index is 0.0592. The molecule has 92 valence electrons. The van der Waals surface area contributed by atoms with Crippen LogP contribution in [0.3, 0.4) is 0 Å². The van der Waals surface area contributed by atoms with E-state index in [9.17, 15) is 4.79 Å². The first-order valence-electron chi connectivity index (χ1n) is 6.09. The Balaban J connectivity index is 1.85. The molecular weight excluding hydrogens is 214 g/mol. The van der Waals surface area contributed by atoms with E-state index in [0.717, 1.165) is 32.4 Å². The molecule has 0 saturated carbocycles. The van der Waals surface area contributed by atoms with Gasteiger partial charge in [-0.05, 0) is 37.3 Å². The summed E-state index contributed by atoms with van der Waals surface area (Å²) in [7, 11) is 1.98. The Morgan fingerprint density at radius 2 is 2.29 bits per heavy atom. The molecule has 0 aromatic carbocycles. The predicted molar refractivity (Wildman–Crippen MR) is 66.4 cm³/mol. The molecule has 1 aromatic heterocycles. The van der Waals surface area contributed by atoms with Crippen molar-refractivity contribution in [3.05, 3.63) is 30.6 Å². The molecule has 0 radical (unpaired) electrons. The van der Waals surface area contributed by atoms with E-state index in [0.29, 0.717) is 5.92 Å². The molecule has 2 rings (SSSR count). The number of nitrogens with zero attached hydrogens (tertiary/aromatic N) is 3. The second kappa shape index (κ2) is 5.17. The number of aryl methyl sites for hydroxylation is 1. The monoisotopic (exact) mass is 233 g/mol. The van der Waals surface area contributed by atoms with Crippen molar-refractivity contribution in [2.24, 2.45) is 13.0 Å². The quantitative estimate of drug-likeness (QED) is 0.740. The molecular formula is C13H19N3O. The number of carbonyl (C=O) groups excluding carboxylic acids is 1. The van der Waals surface area contributed by atoms with Crippen molar-refractivity contribution in [1.29, 1.82) is 0 Å². The van der Waals surface area contributed by atoms with E-state index in [-0.39, 0.29) is 5.91 Å². The number of hydrogen-bond donors (Lipinski definition) is 0. The first-order valence-corrected chi connectivity index (χ1v) is 6.09. The normalized spacial score (nSPS) is 17.1. The van der Waals surface area contributed by atoms with Crippen molar-refractivity contribution in [3.8, 4) is 0 Å². The van der Waals surface area contributed by atoms with E-state index in [4.69, 9.17) is 0 Å². The van der Waals surface area contributed by atoms with Crippen molar-refractivity contribution in [1.82, 2.24) is 14.7 Å². The summed E-state index contributed by atoms with van der Waals surface area (Å²) in [4.78, 5) is 13.3. The van der Waals surface area contributed by atoms with Crippen LogP contribution in [0.5, 0.6) is 0 Å². The summed E-state index contributed by atoms with van der Waals surface area (Å²) in [5.74, 6) is 0.725. The van der Waals surface area contributed by atoms with Gasteiger partial charge in [0.15, 0.2) is 0 Å².